The summed E-state index contributed by atoms with van der Waals surface area (Å²) in [6, 6.07) is 1.84. The van der Waals surface area contributed by atoms with Gasteiger partial charge >= 0.3 is 5.97 Å². The van der Waals surface area contributed by atoms with Crippen molar-refractivity contribution in [3.05, 3.63) is 40.8 Å². The van der Waals surface area contributed by atoms with E-state index in [4.69, 9.17) is 5.11 Å². The largest absolute Gasteiger partial charge is 0.478 e. The fourth-order valence-electron chi connectivity index (χ4n) is 1.69. The monoisotopic (exact) mass is 313 g/mol. The fourth-order valence-corrected chi connectivity index (χ4v) is 2.89. The van der Waals surface area contributed by atoms with E-state index in [-0.39, 0.29) is 16.3 Å². The Morgan fingerprint density at radius 2 is 2.00 bits per heavy atom. The number of carboxylic acids is 1. The number of rotatable bonds is 4. The Hall–Kier alpha value is -2.42. The minimum Gasteiger partial charge on any atom is -0.478 e. The number of nitrogens with zero attached hydrogens (tertiary/aromatic N) is 1. The number of nitrogens with one attached hydrogen (secondary N) is 2. The highest BCUT2D eigenvalue weighted by atomic mass is 32.2. The third-order valence-corrected chi connectivity index (χ3v) is 4.16. The van der Waals surface area contributed by atoms with Gasteiger partial charge in [-0.05, 0) is 31.5 Å². The third-order valence-electron chi connectivity index (χ3n) is 2.83. The van der Waals surface area contributed by atoms with E-state index in [0.717, 1.165) is 12.1 Å². The van der Waals surface area contributed by atoms with Crippen LogP contribution in [-0.4, -0.2) is 29.7 Å². The molecule has 0 spiro atoms. The number of carboxylic acid groups (broad SMARTS) is 1. The van der Waals surface area contributed by atoms with Gasteiger partial charge in [-0.1, -0.05) is 0 Å². The normalized spacial score (nSPS) is 11.4. The zero-order chi connectivity index (χ0) is 15.8. The van der Waals surface area contributed by atoms with Crippen molar-refractivity contribution >= 4 is 21.8 Å². The number of carbonyl (C=O) groups is 1. The van der Waals surface area contributed by atoms with E-state index in [9.17, 15) is 17.6 Å². The number of hydrogen-bond acceptors (Lipinski definition) is 4. The van der Waals surface area contributed by atoms with E-state index < -0.39 is 27.4 Å². The van der Waals surface area contributed by atoms with Crippen molar-refractivity contribution in [2.75, 3.05) is 4.72 Å². The average molecular weight is 313 g/mol. The number of anilines is 1. The summed E-state index contributed by atoms with van der Waals surface area (Å²) in [6.07, 6.45) is 1.43. The molecule has 0 radical (unpaired) electrons. The molecular formula is C12H12FN3O4S. The van der Waals surface area contributed by atoms with Crippen LogP contribution < -0.4 is 4.72 Å². The predicted octanol–water partition coefficient (Wildman–Crippen LogP) is 1.66. The molecule has 0 unspecified atom stereocenters. The van der Waals surface area contributed by atoms with Crippen LogP contribution in [0.5, 0.6) is 0 Å². The first-order valence-electron chi connectivity index (χ1n) is 5.78. The molecule has 1 heterocycles. The molecule has 1 aromatic heterocycles. The second-order valence-electron chi connectivity index (χ2n) is 4.44. The molecule has 0 saturated heterocycles. The van der Waals surface area contributed by atoms with Crippen LogP contribution >= 0.6 is 0 Å². The maximum Gasteiger partial charge on any atom is 0.338 e. The molecule has 1 aromatic carbocycles. The van der Waals surface area contributed by atoms with Gasteiger partial charge in [-0.15, -0.1) is 0 Å². The van der Waals surface area contributed by atoms with Crippen LogP contribution in [0.25, 0.3) is 0 Å². The number of aromatic nitrogens is 2. The molecule has 0 fully saturated rings. The SMILES string of the molecule is Cc1cn[nH]c1NS(=O)(=O)c1cc(C)c(F)c(C(=O)O)c1. The minimum atomic E-state index is -4.05. The van der Waals surface area contributed by atoms with Crippen molar-refractivity contribution in [2.24, 2.45) is 0 Å². The van der Waals surface area contributed by atoms with Gasteiger partial charge in [-0.3, -0.25) is 9.82 Å². The van der Waals surface area contributed by atoms with E-state index in [2.05, 4.69) is 14.9 Å². The number of H-pyrrole nitrogens is 1. The quantitative estimate of drug-likeness (QED) is 0.794. The summed E-state index contributed by atoms with van der Waals surface area (Å²) in [5.74, 6) is -2.33. The van der Waals surface area contributed by atoms with Gasteiger partial charge in [0.15, 0.2) is 0 Å². The first-order valence-corrected chi connectivity index (χ1v) is 7.27. The molecule has 7 nitrogen and oxygen atoms in total. The number of halogens is 1. The van der Waals surface area contributed by atoms with Gasteiger partial charge in [0, 0.05) is 5.56 Å². The molecule has 0 bridgehead atoms. The zero-order valence-electron chi connectivity index (χ0n) is 11.1. The Bertz CT molecular complexity index is 814. The molecule has 2 aromatic rings. The second-order valence-corrected chi connectivity index (χ2v) is 6.12. The van der Waals surface area contributed by atoms with Gasteiger partial charge in [0.1, 0.15) is 11.6 Å². The Morgan fingerprint density at radius 3 is 2.52 bits per heavy atom. The molecule has 0 aliphatic heterocycles. The molecule has 3 N–H and O–H groups in total. The molecule has 0 aliphatic carbocycles. The number of aromatic carboxylic acids is 1. The molecule has 2 rings (SSSR count). The zero-order valence-corrected chi connectivity index (χ0v) is 12.0. The second kappa shape index (κ2) is 5.17. The molecule has 9 heteroatoms. The van der Waals surface area contributed by atoms with Gasteiger partial charge in [-0.2, -0.15) is 5.10 Å². The lowest BCUT2D eigenvalue weighted by Crippen LogP contribution is -2.16. The Balaban J connectivity index is 2.50. The van der Waals surface area contributed by atoms with E-state index in [1.165, 1.54) is 13.1 Å². The summed E-state index contributed by atoms with van der Waals surface area (Å²) in [5.41, 5.74) is -0.204. The smallest absolute Gasteiger partial charge is 0.338 e. The van der Waals surface area contributed by atoms with Crippen LogP contribution in [-0.2, 0) is 10.0 Å². The van der Waals surface area contributed by atoms with Gasteiger partial charge in [-0.25, -0.2) is 17.6 Å². The van der Waals surface area contributed by atoms with Crippen LogP contribution in [0.15, 0.2) is 23.2 Å². The van der Waals surface area contributed by atoms with Crippen molar-refractivity contribution in [3.63, 3.8) is 0 Å². The summed E-state index contributed by atoms with van der Waals surface area (Å²) in [6.45, 7) is 2.93. The minimum absolute atomic E-state index is 0.0726. The van der Waals surface area contributed by atoms with E-state index in [1.807, 2.05) is 0 Å². The van der Waals surface area contributed by atoms with Gasteiger partial charge < -0.3 is 5.11 Å². The van der Waals surface area contributed by atoms with Gasteiger partial charge in [0.2, 0.25) is 0 Å². The van der Waals surface area contributed by atoms with Crippen LogP contribution in [0, 0.1) is 19.7 Å². The van der Waals surface area contributed by atoms with Crippen LogP contribution in [0.4, 0.5) is 10.2 Å². The van der Waals surface area contributed by atoms with Crippen molar-refractivity contribution in [2.45, 2.75) is 18.7 Å². The van der Waals surface area contributed by atoms with Crippen molar-refractivity contribution in [1.29, 1.82) is 0 Å². The summed E-state index contributed by atoms with van der Waals surface area (Å²) in [4.78, 5) is 10.6. The fraction of sp³-hybridized carbons (Fsp3) is 0.167. The topological polar surface area (TPSA) is 112 Å². The Labute approximate surface area is 119 Å². The highest BCUT2D eigenvalue weighted by Gasteiger charge is 2.22. The van der Waals surface area contributed by atoms with Crippen molar-refractivity contribution in [3.8, 4) is 0 Å². The first-order chi connectivity index (χ1) is 9.72. The lowest BCUT2D eigenvalue weighted by atomic mass is 10.1. The molecular weight excluding hydrogens is 301 g/mol. The van der Waals surface area contributed by atoms with Crippen molar-refractivity contribution < 1.29 is 22.7 Å². The lowest BCUT2D eigenvalue weighted by Gasteiger charge is -2.10. The van der Waals surface area contributed by atoms with Crippen LogP contribution in [0.2, 0.25) is 0 Å². The maximum atomic E-state index is 13.6. The molecule has 0 aliphatic rings. The molecule has 112 valence electrons. The van der Waals surface area contributed by atoms with Crippen LogP contribution in [0.3, 0.4) is 0 Å². The van der Waals surface area contributed by atoms with Crippen molar-refractivity contribution in [1.82, 2.24) is 10.2 Å². The summed E-state index contributed by atoms with van der Waals surface area (Å²) < 4.78 is 40.3. The lowest BCUT2D eigenvalue weighted by molar-refractivity contribution is 0.0691. The number of benzene rings is 1. The predicted molar refractivity (Wildman–Crippen MR) is 72.2 cm³/mol. The number of aromatic amines is 1. The van der Waals surface area contributed by atoms with E-state index in [0.29, 0.717) is 5.56 Å². The summed E-state index contributed by atoms with van der Waals surface area (Å²) >= 11 is 0. The average Bonchev–Trinajstić information content (AvgIpc) is 2.77. The highest BCUT2D eigenvalue weighted by molar-refractivity contribution is 7.92. The van der Waals surface area contributed by atoms with E-state index in [1.54, 1.807) is 6.92 Å². The Morgan fingerprint density at radius 1 is 1.33 bits per heavy atom. The molecule has 0 saturated carbocycles. The summed E-state index contributed by atoms with van der Waals surface area (Å²) in [5, 5.41) is 15.0. The Kier molecular flexibility index (Phi) is 3.69. The summed E-state index contributed by atoms with van der Waals surface area (Å²) in [7, 11) is -4.05. The number of sulfonamides is 1. The number of hydrogen-bond donors (Lipinski definition) is 3. The molecule has 21 heavy (non-hydrogen) atoms. The maximum absolute atomic E-state index is 13.6. The van der Waals surface area contributed by atoms with Crippen LogP contribution in [0.1, 0.15) is 21.5 Å². The highest BCUT2D eigenvalue weighted by Crippen LogP contribution is 2.22. The third kappa shape index (κ3) is 2.87. The molecule has 0 amide bonds. The standard InChI is InChI=1S/C12H12FN3O4S/c1-6-3-8(4-9(10(6)13)12(17)18)21(19,20)16-11-7(2)5-14-15-11/h3-5H,1-2H3,(H,17,18)(H2,14,15,16). The number of aryl methyl sites for hydroxylation is 2. The molecule has 0 atom stereocenters. The van der Waals surface area contributed by atoms with E-state index >= 15 is 0 Å². The van der Waals surface area contributed by atoms with Gasteiger partial charge in [0.05, 0.1) is 16.7 Å². The van der Waals surface area contributed by atoms with Gasteiger partial charge in [0.25, 0.3) is 10.0 Å². The first kappa shape index (κ1) is 15.0.